The number of hydrogen-bond donors (Lipinski definition) is 1. The summed E-state index contributed by atoms with van der Waals surface area (Å²) >= 11 is 3.44. The highest BCUT2D eigenvalue weighted by molar-refractivity contribution is 9.10. The maximum Gasteiger partial charge on any atom is 0.253 e. The van der Waals surface area contributed by atoms with Crippen molar-refractivity contribution in [3.63, 3.8) is 0 Å². The first kappa shape index (κ1) is 16.4. The van der Waals surface area contributed by atoms with Crippen LogP contribution >= 0.6 is 15.9 Å². The summed E-state index contributed by atoms with van der Waals surface area (Å²) < 4.78 is 0.941. The molecule has 1 aromatic heterocycles. The normalized spacial score (nSPS) is 15.6. The average Bonchev–Trinajstić information content (AvgIpc) is 3.05. The minimum Gasteiger partial charge on any atom is -0.361 e. The topological polar surface area (TPSA) is 39.3 Å². The highest BCUT2D eigenvalue weighted by Gasteiger charge is 2.22. The zero-order valence-electron chi connectivity index (χ0n) is 13.9. The van der Waals surface area contributed by atoms with Crippen molar-refractivity contribution in [2.75, 3.05) is 26.2 Å². The van der Waals surface area contributed by atoms with Gasteiger partial charge in [-0.1, -0.05) is 40.2 Å². The van der Waals surface area contributed by atoms with Crippen LogP contribution < -0.4 is 0 Å². The molecule has 0 unspecified atom stereocenters. The fourth-order valence-electron chi connectivity index (χ4n) is 3.42. The number of halogens is 1. The zero-order chi connectivity index (χ0) is 17.2. The summed E-state index contributed by atoms with van der Waals surface area (Å²) in [5, 5.41) is 1.29. The Morgan fingerprint density at radius 2 is 1.84 bits per heavy atom. The molecule has 0 bridgehead atoms. The fourth-order valence-corrected chi connectivity index (χ4v) is 3.82. The molecule has 0 atom stereocenters. The number of benzene rings is 2. The number of nitrogens with zero attached hydrogens (tertiary/aromatic N) is 2. The molecule has 1 aliphatic heterocycles. The molecule has 0 aliphatic carbocycles. The Kier molecular flexibility index (Phi) is 4.59. The van der Waals surface area contributed by atoms with Crippen LogP contribution in [-0.2, 0) is 6.54 Å². The first-order valence-electron chi connectivity index (χ1n) is 8.53. The summed E-state index contributed by atoms with van der Waals surface area (Å²) in [7, 11) is 0. The molecule has 4 nitrogen and oxygen atoms in total. The van der Waals surface area contributed by atoms with Crippen LogP contribution in [-0.4, -0.2) is 46.9 Å². The number of rotatable bonds is 3. The van der Waals surface area contributed by atoms with Crippen molar-refractivity contribution in [3.8, 4) is 0 Å². The molecule has 1 amide bonds. The summed E-state index contributed by atoms with van der Waals surface area (Å²) in [6.45, 7) is 4.27. The molecule has 1 N–H and O–H groups in total. The van der Waals surface area contributed by atoms with Crippen molar-refractivity contribution in [1.29, 1.82) is 0 Å². The van der Waals surface area contributed by atoms with Gasteiger partial charge in [0.25, 0.3) is 5.91 Å². The van der Waals surface area contributed by atoms with E-state index >= 15 is 0 Å². The Morgan fingerprint density at radius 3 is 2.64 bits per heavy atom. The molecule has 4 rings (SSSR count). The molecule has 1 saturated heterocycles. The minimum atomic E-state index is 0.119. The maximum absolute atomic E-state index is 12.6. The van der Waals surface area contributed by atoms with E-state index in [9.17, 15) is 4.79 Å². The van der Waals surface area contributed by atoms with Gasteiger partial charge in [0.15, 0.2) is 0 Å². The molecule has 0 radical (unpaired) electrons. The quantitative estimate of drug-likeness (QED) is 0.727. The largest absolute Gasteiger partial charge is 0.361 e. The summed E-state index contributed by atoms with van der Waals surface area (Å²) in [5.74, 6) is 0.119. The number of aromatic nitrogens is 1. The SMILES string of the molecule is O=C(c1cccc(Br)c1)N1CCN(Cc2c[nH]c3ccccc23)CC1. The van der Waals surface area contributed by atoms with Crippen LogP contribution in [0.3, 0.4) is 0 Å². The van der Waals surface area contributed by atoms with E-state index in [1.807, 2.05) is 29.2 Å². The van der Waals surface area contributed by atoms with Gasteiger partial charge in [-0.05, 0) is 29.8 Å². The first-order valence-corrected chi connectivity index (χ1v) is 9.32. The second-order valence-corrected chi connectivity index (χ2v) is 7.35. The molecule has 0 spiro atoms. The number of aromatic amines is 1. The lowest BCUT2D eigenvalue weighted by molar-refractivity contribution is 0.0629. The molecule has 2 aromatic carbocycles. The number of fused-ring (bicyclic) bond motifs is 1. The molecule has 0 saturated carbocycles. The van der Waals surface area contributed by atoms with Crippen LogP contribution in [0.5, 0.6) is 0 Å². The monoisotopic (exact) mass is 397 g/mol. The Morgan fingerprint density at radius 1 is 1.04 bits per heavy atom. The highest BCUT2D eigenvalue weighted by atomic mass is 79.9. The third kappa shape index (κ3) is 3.48. The number of hydrogen-bond acceptors (Lipinski definition) is 2. The van der Waals surface area contributed by atoms with Gasteiger partial charge >= 0.3 is 0 Å². The van der Waals surface area contributed by atoms with Crippen LogP contribution in [0.15, 0.2) is 59.2 Å². The number of carbonyl (C=O) groups is 1. The highest BCUT2D eigenvalue weighted by Crippen LogP contribution is 2.20. The number of H-pyrrole nitrogens is 1. The Labute approximate surface area is 155 Å². The van der Waals surface area contributed by atoms with Crippen LogP contribution in [0.25, 0.3) is 10.9 Å². The summed E-state index contributed by atoms with van der Waals surface area (Å²) in [5.41, 5.74) is 3.25. The van der Waals surface area contributed by atoms with E-state index in [1.54, 1.807) is 0 Å². The Bertz CT molecular complexity index is 897. The van der Waals surface area contributed by atoms with Crippen molar-refractivity contribution in [2.24, 2.45) is 0 Å². The van der Waals surface area contributed by atoms with Crippen LogP contribution in [0.4, 0.5) is 0 Å². The zero-order valence-corrected chi connectivity index (χ0v) is 15.5. The number of carbonyl (C=O) groups excluding carboxylic acids is 1. The second kappa shape index (κ2) is 7.02. The number of amides is 1. The Balaban J connectivity index is 1.39. The van der Waals surface area contributed by atoms with Gasteiger partial charge in [0.2, 0.25) is 0 Å². The van der Waals surface area contributed by atoms with Gasteiger partial charge < -0.3 is 9.88 Å². The standard InChI is InChI=1S/C20H20BrN3O/c21-17-5-3-4-15(12-17)20(25)24-10-8-23(9-11-24)14-16-13-22-19-7-2-1-6-18(16)19/h1-7,12-13,22H,8-11,14H2. The van der Waals surface area contributed by atoms with Crippen LogP contribution in [0.2, 0.25) is 0 Å². The fraction of sp³-hybridized carbons (Fsp3) is 0.250. The Hall–Kier alpha value is -2.11. The maximum atomic E-state index is 12.6. The molecule has 128 valence electrons. The van der Waals surface area contributed by atoms with Crippen molar-refractivity contribution in [2.45, 2.75) is 6.54 Å². The van der Waals surface area contributed by atoms with Gasteiger partial charge in [-0.2, -0.15) is 0 Å². The van der Waals surface area contributed by atoms with Gasteiger partial charge in [0.1, 0.15) is 0 Å². The molecule has 3 aromatic rings. The molecular formula is C20H20BrN3O. The van der Waals surface area contributed by atoms with E-state index < -0.39 is 0 Å². The number of piperazine rings is 1. The van der Waals surface area contributed by atoms with E-state index in [1.165, 1.54) is 16.5 Å². The second-order valence-electron chi connectivity index (χ2n) is 6.44. The lowest BCUT2D eigenvalue weighted by Gasteiger charge is -2.34. The van der Waals surface area contributed by atoms with E-state index in [0.29, 0.717) is 0 Å². The van der Waals surface area contributed by atoms with Crippen molar-refractivity contribution in [3.05, 3.63) is 70.3 Å². The predicted molar refractivity (Wildman–Crippen MR) is 104 cm³/mol. The first-order chi connectivity index (χ1) is 12.2. The van der Waals surface area contributed by atoms with Gasteiger partial charge in [0.05, 0.1) is 0 Å². The average molecular weight is 398 g/mol. The van der Waals surface area contributed by atoms with Gasteiger partial charge in [0, 0.05) is 59.9 Å². The minimum absolute atomic E-state index is 0.119. The van der Waals surface area contributed by atoms with Crippen LogP contribution in [0.1, 0.15) is 15.9 Å². The third-order valence-electron chi connectivity index (χ3n) is 4.80. The van der Waals surface area contributed by atoms with Gasteiger partial charge in [-0.15, -0.1) is 0 Å². The smallest absolute Gasteiger partial charge is 0.253 e. The summed E-state index contributed by atoms with van der Waals surface area (Å²) in [4.78, 5) is 20.3. The molecule has 25 heavy (non-hydrogen) atoms. The molecule has 2 heterocycles. The number of nitrogens with one attached hydrogen (secondary N) is 1. The van der Waals surface area contributed by atoms with E-state index in [4.69, 9.17) is 0 Å². The number of para-hydroxylation sites is 1. The lowest BCUT2D eigenvalue weighted by Crippen LogP contribution is -2.48. The van der Waals surface area contributed by atoms with Gasteiger partial charge in [-0.25, -0.2) is 0 Å². The molecule has 1 aliphatic rings. The van der Waals surface area contributed by atoms with Crippen molar-refractivity contribution < 1.29 is 4.79 Å². The lowest BCUT2D eigenvalue weighted by atomic mass is 10.1. The molecular weight excluding hydrogens is 378 g/mol. The summed E-state index contributed by atoms with van der Waals surface area (Å²) in [6, 6.07) is 16.0. The van der Waals surface area contributed by atoms with Gasteiger partial charge in [-0.3, -0.25) is 9.69 Å². The summed E-state index contributed by atoms with van der Waals surface area (Å²) in [6.07, 6.45) is 2.10. The third-order valence-corrected chi connectivity index (χ3v) is 5.29. The van der Waals surface area contributed by atoms with E-state index in [0.717, 1.165) is 42.8 Å². The molecule has 1 fully saturated rings. The van der Waals surface area contributed by atoms with E-state index in [2.05, 4.69) is 56.3 Å². The predicted octanol–water partition coefficient (Wildman–Crippen LogP) is 3.89. The van der Waals surface area contributed by atoms with E-state index in [-0.39, 0.29) is 5.91 Å². The van der Waals surface area contributed by atoms with Crippen molar-refractivity contribution in [1.82, 2.24) is 14.8 Å². The van der Waals surface area contributed by atoms with Crippen molar-refractivity contribution >= 4 is 32.7 Å². The molecule has 5 heteroatoms. The van der Waals surface area contributed by atoms with Crippen LogP contribution in [0, 0.1) is 0 Å².